The molecule has 13 heavy (non-hydrogen) atoms. The van der Waals surface area contributed by atoms with E-state index in [9.17, 15) is 13.2 Å². The van der Waals surface area contributed by atoms with Gasteiger partial charge in [-0.25, -0.2) is 4.98 Å². The number of alkyl halides is 3. The van der Waals surface area contributed by atoms with Crippen molar-refractivity contribution in [2.45, 2.75) is 26.3 Å². The molecular weight excluding hydrogens is 185 g/mol. The van der Waals surface area contributed by atoms with Gasteiger partial charge in [-0.05, 0) is 6.92 Å². The third-order valence-corrected chi connectivity index (χ3v) is 1.71. The van der Waals surface area contributed by atoms with E-state index in [1.807, 2.05) is 0 Å². The zero-order chi connectivity index (χ0) is 10.1. The highest BCUT2D eigenvalue weighted by Crippen LogP contribution is 2.30. The number of rotatable bonds is 2. The summed E-state index contributed by atoms with van der Waals surface area (Å²) < 4.78 is 37.9. The number of nitrogens with zero attached hydrogens (tertiary/aromatic N) is 2. The Bertz CT molecular complexity index is 292. The molecule has 0 amide bonds. The summed E-state index contributed by atoms with van der Waals surface area (Å²) in [5, 5.41) is 8.72. The van der Waals surface area contributed by atoms with Crippen LogP contribution in [0.15, 0.2) is 6.33 Å². The van der Waals surface area contributed by atoms with Gasteiger partial charge in [0.15, 0.2) is 5.69 Å². The van der Waals surface area contributed by atoms with Gasteiger partial charge in [0.1, 0.15) is 0 Å². The highest BCUT2D eigenvalue weighted by Gasteiger charge is 2.36. The van der Waals surface area contributed by atoms with Gasteiger partial charge in [0, 0.05) is 6.54 Å². The van der Waals surface area contributed by atoms with Crippen LogP contribution < -0.4 is 0 Å². The summed E-state index contributed by atoms with van der Waals surface area (Å²) in [6.45, 7) is 1.39. The Morgan fingerprint density at radius 1 is 1.54 bits per heavy atom. The van der Waals surface area contributed by atoms with E-state index in [1.54, 1.807) is 6.92 Å². The minimum Gasteiger partial charge on any atom is -0.390 e. The largest absolute Gasteiger partial charge is 0.435 e. The number of aliphatic hydroxyl groups is 1. The van der Waals surface area contributed by atoms with E-state index in [1.165, 1.54) is 4.57 Å². The van der Waals surface area contributed by atoms with E-state index in [4.69, 9.17) is 5.11 Å². The Morgan fingerprint density at radius 2 is 2.15 bits per heavy atom. The Kier molecular flexibility index (Phi) is 2.60. The maximum Gasteiger partial charge on any atom is 0.435 e. The molecule has 1 aromatic rings. The van der Waals surface area contributed by atoms with E-state index in [2.05, 4.69) is 4.98 Å². The molecule has 1 aromatic heterocycles. The van der Waals surface area contributed by atoms with Crippen LogP contribution in [0.2, 0.25) is 0 Å². The fraction of sp³-hybridized carbons (Fsp3) is 0.571. The summed E-state index contributed by atoms with van der Waals surface area (Å²) in [4.78, 5) is 3.21. The summed E-state index contributed by atoms with van der Waals surface area (Å²) in [7, 11) is 0. The average Bonchev–Trinajstić information content (AvgIpc) is 2.45. The van der Waals surface area contributed by atoms with Crippen LogP contribution in [0.4, 0.5) is 13.2 Å². The molecule has 0 radical (unpaired) electrons. The van der Waals surface area contributed by atoms with Gasteiger partial charge in [-0.3, -0.25) is 0 Å². The van der Waals surface area contributed by atoms with Gasteiger partial charge in [-0.1, -0.05) is 0 Å². The minimum atomic E-state index is -4.49. The number of hydrogen-bond acceptors (Lipinski definition) is 2. The Balaban J connectivity index is 3.16. The second kappa shape index (κ2) is 3.37. The number of aromatic nitrogens is 2. The maximum atomic E-state index is 12.2. The molecule has 0 atom stereocenters. The van der Waals surface area contributed by atoms with Crippen molar-refractivity contribution in [3.05, 3.63) is 17.7 Å². The third kappa shape index (κ3) is 1.82. The average molecular weight is 194 g/mol. The highest BCUT2D eigenvalue weighted by atomic mass is 19.4. The number of aryl methyl sites for hydroxylation is 1. The summed E-state index contributed by atoms with van der Waals surface area (Å²) >= 11 is 0. The van der Waals surface area contributed by atoms with Gasteiger partial charge in [-0.2, -0.15) is 13.2 Å². The van der Waals surface area contributed by atoms with Crippen molar-refractivity contribution in [2.75, 3.05) is 0 Å². The van der Waals surface area contributed by atoms with E-state index < -0.39 is 18.5 Å². The molecule has 1 heterocycles. The number of aliphatic hydroxyl groups excluding tert-OH is 1. The number of halogens is 3. The molecule has 3 nitrogen and oxygen atoms in total. The molecule has 0 bridgehead atoms. The summed E-state index contributed by atoms with van der Waals surface area (Å²) in [5.41, 5.74) is -1.19. The lowest BCUT2D eigenvalue weighted by atomic mass is 10.3. The first-order chi connectivity index (χ1) is 6.00. The molecule has 1 rings (SSSR count). The molecule has 0 saturated carbocycles. The van der Waals surface area contributed by atoms with Gasteiger partial charge >= 0.3 is 6.18 Å². The predicted molar refractivity (Wildman–Crippen MR) is 38.8 cm³/mol. The fourth-order valence-corrected chi connectivity index (χ4v) is 1.08. The van der Waals surface area contributed by atoms with Gasteiger partial charge in [0.2, 0.25) is 0 Å². The lowest BCUT2D eigenvalue weighted by Crippen LogP contribution is -2.11. The maximum absolute atomic E-state index is 12.2. The SMILES string of the molecule is CCn1cnc(C(F)(F)F)c1CO. The van der Waals surface area contributed by atoms with E-state index in [-0.39, 0.29) is 5.69 Å². The van der Waals surface area contributed by atoms with Crippen LogP contribution in [0.1, 0.15) is 18.3 Å². The highest BCUT2D eigenvalue weighted by molar-refractivity contribution is 5.15. The number of hydrogen-bond donors (Lipinski definition) is 1. The van der Waals surface area contributed by atoms with Gasteiger partial charge < -0.3 is 9.67 Å². The zero-order valence-corrected chi connectivity index (χ0v) is 6.97. The van der Waals surface area contributed by atoms with Crippen molar-refractivity contribution in [2.24, 2.45) is 0 Å². The Morgan fingerprint density at radius 3 is 2.54 bits per heavy atom. The molecule has 0 spiro atoms. The van der Waals surface area contributed by atoms with E-state index >= 15 is 0 Å². The van der Waals surface area contributed by atoms with Crippen molar-refractivity contribution < 1.29 is 18.3 Å². The lowest BCUT2D eigenvalue weighted by molar-refractivity contribution is -0.142. The summed E-state index contributed by atoms with van der Waals surface area (Å²) in [5.74, 6) is 0. The predicted octanol–water partition coefficient (Wildman–Crippen LogP) is 1.41. The van der Waals surface area contributed by atoms with Crippen molar-refractivity contribution in [3.8, 4) is 0 Å². The Hall–Kier alpha value is -1.04. The lowest BCUT2D eigenvalue weighted by Gasteiger charge is -2.06. The van der Waals surface area contributed by atoms with Crippen LogP contribution in [0.5, 0.6) is 0 Å². The first kappa shape index (κ1) is 10.0. The van der Waals surface area contributed by atoms with Crippen LogP contribution in [-0.2, 0) is 19.3 Å². The molecule has 0 aromatic carbocycles. The minimum absolute atomic E-state index is 0.185. The molecule has 0 fully saturated rings. The molecule has 1 N–H and O–H groups in total. The molecule has 6 heteroatoms. The van der Waals surface area contributed by atoms with Gasteiger partial charge in [0.05, 0.1) is 18.6 Å². The standard InChI is InChI=1S/C7H9F3N2O/c1-2-12-4-11-6(5(12)3-13)7(8,9)10/h4,13H,2-3H2,1H3. The second-order valence-electron chi connectivity index (χ2n) is 2.48. The van der Waals surface area contributed by atoms with Crippen LogP contribution in [0, 0.1) is 0 Å². The van der Waals surface area contributed by atoms with Crippen molar-refractivity contribution >= 4 is 0 Å². The normalized spacial score (nSPS) is 12.1. The summed E-state index contributed by atoms with van der Waals surface area (Å²) in [6.07, 6.45) is -3.41. The van der Waals surface area contributed by atoms with E-state index in [0.717, 1.165) is 6.33 Å². The monoisotopic (exact) mass is 194 g/mol. The molecule has 0 aliphatic carbocycles. The summed E-state index contributed by atoms with van der Waals surface area (Å²) in [6, 6.07) is 0. The van der Waals surface area contributed by atoms with Crippen LogP contribution in [0.25, 0.3) is 0 Å². The third-order valence-electron chi connectivity index (χ3n) is 1.71. The first-order valence-corrected chi connectivity index (χ1v) is 3.72. The topological polar surface area (TPSA) is 38.0 Å². The molecule has 0 aliphatic rings. The molecule has 0 unspecified atom stereocenters. The fourth-order valence-electron chi connectivity index (χ4n) is 1.08. The smallest absolute Gasteiger partial charge is 0.390 e. The molecule has 0 aliphatic heterocycles. The van der Waals surface area contributed by atoms with Crippen LogP contribution in [-0.4, -0.2) is 14.7 Å². The first-order valence-electron chi connectivity index (χ1n) is 3.72. The van der Waals surface area contributed by atoms with Crippen molar-refractivity contribution in [1.29, 1.82) is 0 Å². The zero-order valence-electron chi connectivity index (χ0n) is 6.97. The van der Waals surface area contributed by atoms with Crippen LogP contribution >= 0.6 is 0 Å². The van der Waals surface area contributed by atoms with Crippen molar-refractivity contribution in [1.82, 2.24) is 9.55 Å². The molecular formula is C7H9F3N2O. The molecule has 0 saturated heterocycles. The van der Waals surface area contributed by atoms with E-state index in [0.29, 0.717) is 6.54 Å². The number of imidazole rings is 1. The Labute approximate surface area is 72.8 Å². The van der Waals surface area contributed by atoms with Crippen molar-refractivity contribution in [3.63, 3.8) is 0 Å². The van der Waals surface area contributed by atoms with Crippen LogP contribution in [0.3, 0.4) is 0 Å². The van der Waals surface area contributed by atoms with Gasteiger partial charge in [-0.15, -0.1) is 0 Å². The quantitative estimate of drug-likeness (QED) is 0.773. The second-order valence-corrected chi connectivity index (χ2v) is 2.48. The van der Waals surface area contributed by atoms with Gasteiger partial charge in [0.25, 0.3) is 0 Å². The molecule has 74 valence electrons.